The Balaban J connectivity index is 1.05. The molecule has 1 unspecified atom stereocenters. The average Bonchev–Trinajstić information content (AvgIpc) is 1.67. The number of pyridine rings is 1. The van der Waals surface area contributed by atoms with Gasteiger partial charge >= 0.3 is 11.9 Å². The smallest absolute Gasteiger partial charge is 0.306 e. The molecule has 1 fully saturated rings. The molecule has 1 aliphatic heterocycles. The molecule has 6 atom stereocenters. The number of rotatable bonds is 16. The summed E-state index contributed by atoms with van der Waals surface area (Å²) in [6, 6.07) is 10.1. The van der Waals surface area contributed by atoms with Gasteiger partial charge in [-0.25, -0.2) is 34.9 Å². The number of aliphatic carboxylic acids is 2. The fourth-order valence-electron chi connectivity index (χ4n) is 10.5. The predicted octanol–water partition coefficient (Wildman–Crippen LogP) is 9.29. The molecule has 1 aliphatic carbocycles. The zero-order valence-electron chi connectivity index (χ0n) is 49.2. The molecule has 0 spiro atoms. The van der Waals surface area contributed by atoms with Gasteiger partial charge in [0.25, 0.3) is 11.8 Å². The highest BCUT2D eigenvalue weighted by molar-refractivity contribution is 7.15. The molecule has 0 saturated heterocycles. The summed E-state index contributed by atoms with van der Waals surface area (Å²) in [5, 5.41) is 51.3. The molecule has 30 heteroatoms. The number of hydrogen-bond acceptors (Lipinski definition) is 23. The number of carbonyl (C=O) groups excluding carboxylic acids is 6. The molecule has 7 N–H and O–H groups in total. The van der Waals surface area contributed by atoms with Crippen molar-refractivity contribution in [3.05, 3.63) is 111 Å². The molecule has 10 rings (SSSR count). The van der Waals surface area contributed by atoms with Crippen LogP contribution in [0.15, 0.2) is 64.0 Å². The highest BCUT2D eigenvalue weighted by Gasteiger charge is 2.38. The average molecular weight is 1340 g/mol. The molecule has 5 amide bonds. The van der Waals surface area contributed by atoms with E-state index in [9.17, 15) is 53.7 Å². The third-order valence-electron chi connectivity index (χ3n) is 15.3. The quantitative estimate of drug-likeness (QED) is 0.0443. The number of carboxylic acids is 2. The zero-order valence-corrected chi connectivity index (χ0v) is 54.1. The van der Waals surface area contributed by atoms with Gasteiger partial charge in [-0.2, -0.15) is 0 Å². The summed E-state index contributed by atoms with van der Waals surface area (Å²) < 4.78 is 5.47. The maximum atomic E-state index is 14.4. The summed E-state index contributed by atoms with van der Waals surface area (Å²) in [4.78, 5) is 144. The van der Waals surface area contributed by atoms with Gasteiger partial charge in [0.1, 0.15) is 77.2 Å². The van der Waals surface area contributed by atoms with E-state index in [4.69, 9.17) is 39.6 Å². The lowest BCUT2D eigenvalue weighted by Gasteiger charge is -2.23. The molecule has 90 heavy (non-hydrogen) atoms. The van der Waals surface area contributed by atoms with Crippen LogP contribution in [-0.4, -0.2) is 125 Å². The number of unbranched alkanes of at least 4 members (excludes halogenated alkanes) is 1. The fraction of sp³-hybridized carbons (Fsp3) is 0.383. The summed E-state index contributed by atoms with van der Waals surface area (Å²) in [6.45, 7) is 5.26. The first-order valence-corrected chi connectivity index (χ1v) is 33.8. The Morgan fingerprint density at radius 3 is 2.18 bits per heavy atom. The Kier molecular flexibility index (Phi) is 20.9. The maximum absolute atomic E-state index is 14.4. The van der Waals surface area contributed by atoms with Gasteiger partial charge in [-0.05, 0) is 62.6 Å². The van der Waals surface area contributed by atoms with E-state index in [0.29, 0.717) is 105 Å². The second-order valence-corrected chi connectivity index (χ2v) is 27.6. The molecule has 10 bridgehead atoms. The number of carboxylic acid groups (broad SMARTS) is 2. The van der Waals surface area contributed by atoms with Crippen LogP contribution in [0.25, 0.3) is 43.4 Å². The van der Waals surface area contributed by atoms with E-state index < -0.39 is 78.1 Å². The van der Waals surface area contributed by atoms with Gasteiger partial charge in [0.05, 0.1) is 47.1 Å². The number of benzene rings is 1. The molecule has 2 aliphatic rings. The summed E-state index contributed by atoms with van der Waals surface area (Å²) in [5.41, 5.74) is 2.61. The van der Waals surface area contributed by atoms with Crippen molar-refractivity contribution in [2.75, 3.05) is 32.1 Å². The van der Waals surface area contributed by atoms with Gasteiger partial charge in [-0.15, -0.1) is 68.0 Å². The molecule has 0 radical (unpaired) electrons. The molecule has 24 nitrogen and oxygen atoms in total. The largest absolute Gasteiger partial charge is 0.481 e. The number of Topliss-reactive ketones (excluding diaryl/α,β-unsaturated/α-hetero) is 1. The maximum Gasteiger partial charge on any atom is 0.306 e. The van der Waals surface area contributed by atoms with Crippen molar-refractivity contribution in [2.45, 2.75) is 103 Å². The number of aryl methyl sites for hydroxylation is 1. The lowest BCUT2D eigenvalue weighted by Crippen LogP contribution is -2.40. The number of fused-ring (bicyclic) bond motifs is 14. The topological polar surface area (TPSA) is 348 Å². The van der Waals surface area contributed by atoms with Crippen molar-refractivity contribution in [3.8, 4) is 43.4 Å². The number of hydrogen-bond donors (Lipinski definition) is 7. The standard InChI is InChI=1S/C60H62N12O12S6/c1-28(2)34-20-40(73)46-29(3)89-57(70-46)36(21-43(74)61-4)64-51(79)38-25-85-53(66-38)33-16-17-35(55-68-42(27-88-55)72(18-10-9-13-45(76)77)59(81)31-14-15-32(19-31)60(82)83)63-47(33)37-24-86-56(65-37)39-26-87-58(67-39)49(50(78)30-11-7-6-8-12-30)69-44(75)22-62-52(80)48-41(23-84-5)90-54(34)71-48/h6-8,11-12,16-17,24-28,31-32,34,36,49-50,78H,9-10,13-15,18-23H2,1-5H3,(H,61,74)(H,62,80)(H,64,79)(H,69,75)(H,76,77)(H,82,83)/t31-,32-,34?,36+,49+,50+/m1/s1. The first kappa shape index (κ1) is 65.0. The van der Waals surface area contributed by atoms with Crippen LogP contribution in [0.1, 0.15) is 151 Å². The van der Waals surface area contributed by atoms with Crippen molar-refractivity contribution >= 4 is 121 Å². The Bertz CT molecular complexity index is 3990. The number of thiazole rings is 6. The van der Waals surface area contributed by atoms with Gasteiger partial charge in [-0.3, -0.25) is 43.3 Å². The lowest BCUT2D eigenvalue weighted by molar-refractivity contribution is -0.141. The number of nitrogens with zero attached hydrogens (tertiary/aromatic N) is 8. The number of aliphatic hydroxyl groups excluding tert-OH is 1. The lowest BCUT2D eigenvalue weighted by atomic mass is 9.90. The van der Waals surface area contributed by atoms with Crippen molar-refractivity contribution in [2.24, 2.45) is 17.8 Å². The molecule has 1 saturated carbocycles. The van der Waals surface area contributed by atoms with Crippen LogP contribution in [-0.2, 0) is 35.3 Å². The molecule has 7 aromatic heterocycles. The molecular weight excluding hydrogens is 1270 g/mol. The second kappa shape index (κ2) is 28.9. The monoisotopic (exact) mass is 1330 g/mol. The van der Waals surface area contributed by atoms with Crippen LogP contribution >= 0.6 is 68.0 Å². The van der Waals surface area contributed by atoms with Crippen LogP contribution in [0, 0.1) is 24.7 Å². The molecule has 8 heterocycles. The van der Waals surface area contributed by atoms with Crippen LogP contribution < -0.4 is 26.2 Å². The van der Waals surface area contributed by atoms with E-state index in [0.717, 1.165) is 11.3 Å². The SMILES string of the molecule is CNC(=O)C[C@@H]1NC(=O)c2csc(n2)-c2ccc(-c3nc(N(CCCCC(=O)O)C(=O)[C@@H]4CC[C@@H](C(=O)O)C4)cs3)nc2-c2csc(n2)-c2csc(n2)[C@H]([C@@H](O)c2ccccc2)NC(=O)CNC(=O)c2nc(sc2COC)C(C(C)C)CC(=O)c2nc1sc2C. The number of amides is 5. The first-order valence-electron chi connectivity index (χ1n) is 28.7. The van der Waals surface area contributed by atoms with E-state index in [2.05, 4.69) is 21.3 Å². The van der Waals surface area contributed by atoms with Gasteiger partial charge < -0.3 is 41.3 Å². The second-order valence-electron chi connectivity index (χ2n) is 21.8. The number of methoxy groups -OCH3 is 1. The third-order valence-corrected chi connectivity index (χ3v) is 21.1. The van der Waals surface area contributed by atoms with E-state index in [1.807, 2.05) is 13.8 Å². The number of ketones is 1. The Hall–Kier alpha value is -7.97. The minimum atomic E-state index is -1.30. The van der Waals surface area contributed by atoms with Crippen molar-refractivity contribution in [1.82, 2.24) is 56.2 Å². The molecular formula is C60H62N12O12S6. The number of aliphatic hydroxyl groups is 1. The van der Waals surface area contributed by atoms with Crippen molar-refractivity contribution in [1.29, 1.82) is 0 Å². The molecule has 8 aromatic rings. The highest BCUT2D eigenvalue weighted by Crippen LogP contribution is 2.42. The Morgan fingerprint density at radius 1 is 0.733 bits per heavy atom. The van der Waals surface area contributed by atoms with E-state index in [-0.39, 0.29) is 73.5 Å². The van der Waals surface area contributed by atoms with Crippen molar-refractivity contribution < 1.29 is 58.4 Å². The number of nitrogens with one attached hydrogen (secondary N) is 4. The van der Waals surface area contributed by atoms with Gasteiger partial charge in [0.2, 0.25) is 17.7 Å². The summed E-state index contributed by atoms with van der Waals surface area (Å²) in [5.74, 6) is -6.46. The van der Waals surface area contributed by atoms with Crippen molar-refractivity contribution in [3.63, 3.8) is 0 Å². The highest BCUT2D eigenvalue weighted by atomic mass is 32.1. The number of anilines is 1. The van der Waals surface area contributed by atoms with Gasteiger partial charge in [0.15, 0.2) is 5.78 Å². The molecule has 1 aromatic carbocycles. The number of aromatic nitrogens is 7. The zero-order chi connectivity index (χ0) is 63.9. The number of ether oxygens (including phenoxy) is 1. The summed E-state index contributed by atoms with van der Waals surface area (Å²) >= 11 is 7.17. The van der Waals surface area contributed by atoms with Crippen LogP contribution in [0.2, 0.25) is 0 Å². The van der Waals surface area contributed by atoms with Crippen LogP contribution in [0.4, 0.5) is 5.82 Å². The van der Waals surface area contributed by atoms with E-state index in [1.54, 1.807) is 70.9 Å². The minimum Gasteiger partial charge on any atom is -0.481 e. The van der Waals surface area contributed by atoms with E-state index >= 15 is 0 Å². The van der Waals surface area contributed by atoms with Crippen LogP contribution in [0.3, 0.4) is 0 Å². The Labute approximate surface area is 539 Å². The molecule has 470 valence electrons. The van der Waals surface area contributed by atoms with Gasteiger partial charge in [0, 0.05) is 77.3 Å². The summed E-state index contributed by atoms with van der Waals surface area (Å²) in [7, 11) is 2.95. The Morgan fingerprint density at radius 2 is 1.44 bits per heavy atom. The van der Waals surface area contributed by atoms with Crippen LogP contribution in [0.5, 0.6) is 0 Å². The third kappa shape index (κ3) is 14.9. The van der Waals surface area contributed by atoms with Gasteiger partial charge in [-0.1, -0.05) is 44.2 Å². The minimum absolute atomic E-state index is 0.00695. The van der Waals surface area contributed by atoms with E-state index in [1.165, 1.54) is 75.7 Å². The summed E-state index contributed by atoms with van der Waals surface area (Å²) in [6.07, 6.45) is -0.113. The number of carbonyl (C=O) groups is 8. The fourth-order valence-corrected chi connectivity index (χ4v) is 16.1. The predicted molar refractivity (Wildman–Crippen MR) is 341 cm³/mol. The first-order chi connectivity index (χ1) is 43.3. The normalized spacial score (nSPS) is 18.5.